The van der Waals surface area contributed by atoms with Gasteiger partial charge in [-0.15, -0.1) is 0 Å². The topological polar surface area (TPSA) is 44.8 Å². The molecular weight excluding hydrogens is 328 g/mol. The lowest BCUT2D eigenvalue weighted by Gasteiger charge is -2.10. The third kappa shape index (κ3) is 4.03. The summed E-state index contributed by atoms with van der Waals surface area (Å²) < 4.78 is 16.3. The Morgan fingerprint density at radius 2 is 1.50 bits per heavy atom. The Bertz CT molecular complexity index is 870. The summed E-state index contributed by atoms with van der Waals surface area (Å²) in [5, 5.41) is 0. The predicted molar refractivity (Wildman–Crippen MR) is 100 cm³/mol. The van der Waals surface area contributed by atoms with E-state index in [4.69, 9.17) is 14.2 Å². The van der Waals surface area contributed by atoms with E-state index >= 15 is 0 Å². The Morgan fingerprint density at radius 1 is 0.808 bits per heavy atom. The van der Waals surface area contributed by atoms with Crippen LogP contribution in [0.25, 0.3) is 0 Å². The highest BCUT2D eigenvalue weighted by Gasteiger charge is 2.15. The molecule has 0 aliphatic carbocycles. The van der Waals surface area contributed by atoms with Gasteiger partial charge in [0.15, 0.2) is 5.78 Å². The van der Waals surface area contributed by atoms with Crippen LogP contribution in [0.1, 0.15) is 21.5 Å². The minimum absolute atomic E-state index is 0.129. The highest BCUT2D eigenvalue weighted by Crippen LogP contribution is 2.27. The summed E-state index contributed by atoms with van der Waals surface area (Å²) in [5.41, 5.74) is 2.11. The second kappa shape index (κ2) is 8.21. The van der Waals surface area contributed by atoms with Gasteiger partial charge in [-0.25, -0.2) is 0 Å². The van der Waals surface area contributed by atoms with Crippen LogP contribution in [0.2, 0.25) is 0 Å². The number of benzene rings is 3. The first kappa shape index (κ1) is 17.5. The van der Waals surface area contributed by atoms with Crippen LogP contribution in [0.5, 0.6) is 17.2 Å². The van der Waals surface area contributed by atoms with Crippen molar-refractivity contribution in [3.8, 4) is 17.2 Å². The van der Waals surface area contributed by atoms with Crippen LogP contribution in [0.4, 0.5) is 0 Å². The fourth-order valence-electron chi connectivity index (χ4n) is 2.59. The second-order valence-electron chi connectivity index (χ2n) is 5.69. The summed E-state index contributed by atoms with van der Waals surface area (Å²) in [6.07, 6.45) is 0. The maximum atomic E-state index is 12.8. The lowest BCUT2D eigenvalue weighted by molar-refractivity contribution is 0.103. The van der Waals surface area contributed by atoms with E-state index in [0.29, 0.717) is 35.0 Å². The van der Waals surface area contributed by atoms with Gasteiger partial charge in [-0.1, -0.05) is 30.3 Å². The molecule has 0 radical (unpaired) electrons. The largest absolute Gasteiger partial charge is 0.497 e. The number of carbonyl (C=O) groups is 1. The van der Waals surface area contributed by atoms with Crippen molar-refractivity contribution in [1.82, 2.24) is 0 Å². The molecule has 0 unspecified atom stereocenters. The average molecular weight is 348 g/mol. The third-order valence-electron chi connectivity index (χ3n) is 4.02. The van der Waals surface area contributed by atoms with Gasteiger partial charge in [0, 0.05) is 5.56 Å². The van der Waals surface area contributed by atoms with E-state index in [0.717, 1.165) is 5.56 Å². The standard InChI is InChI=1S/C22H20O4/c1-24-19-12-13-21(25-2)20(14-19)22(23)17-8-10-18(11-9-17)26-15-16-6-4-3-5-7-16/h3-14H,15H2,1-2H3. The highest BCUT2D eigenvalue weighted by molar-refractivity contribution is 6.11. The molecule has 4 heteroatoms. The van der Waals surface area contributed by atoms with E-state index in [-0.39, 0.29) is 5.78 Å². The molecule has 0 heterocycles. The van der Waals surface area contributed by atoms with Gasteiger partial charge in [0.25, 0.3) is 0 Å². The summed E-state index contributed by atoms with van der Waals surface area (Å²) in [6, 6.07) is 22.2. The summed E-state index contributed by atoms with van der Waals surface area (Å²) in [7, 11) is 3.11. The molecule has 3 aromatic carbocycles. The van der Waals surface area contributed by atoms with Gasteiger partial charge in [0.2, 0.25) is 0 Å². The molecule has 0 fully saturated rings. The highest BCUT2D eigenvalue weighted by atomic mass is 16.5. The first-order valence-electron chi connectivity index (χ1n) is 8.25. The number of ketones is 1. The van der Waals surface area contributed by atoms with Crippen molar-refractivity contribution in [3.05, 3.63) is 89.5 Å². The van der Waals surface area contributed by atoms with Crippen molar-refractivity contribution in [2.24, 2.45) is 0 Å². The van der Waals surface area contributed by atoms with Crippen LogP contribution < -0.4 is 14.2 Å². The smallest absolute Gasteiger partial charge is 0.196 e. The van der Waals surface area contributed by atoms with Gasteiger partial charge < -0.3 is 14.2 Å². The molecule has 0 spiro atoms. The molecule has 0 aromatic heterocycles. The maximum Gasteiger partial charge on any atom is 0.196 e. The van der Waals surface area contributed by atoms with Gasteiger partial charge >= 0.3 is 0 Å². The number of hydrogen-bond donors (Lipinski definition) is 0. The summed E-state index contributed by atoms with van der Waals surface area (Å²) in [6.45, 7) is 0.484. The lowest BCUT2D eigenvalue weighted by atomic mass is 10.0. The minimum atomic E-state index is -0.129. The summed E-state index contributed by atoms with van der Waals surface area (Å²) >= 11 is 0. The molecule has 26 heavy (non-hydrogen) atoms. The lowest BCUT2D eigenvalue weighted by Crippen LogP contribution is -2.04. The monoisotopic (exact) mass is 348 g/mol. The molecule has 0 bridgehead atoms. The van der Waals surface area contributed by atoms with Gasteiger partial charge in [-0.3, -0.25) is 4.79 Å². The SMILES string of the molecule is COc1ccc(OC)c(C(=O)c2ccc(OCc3ccccc3)cc2)c1. The Kier molecular flexibility index (Phi) is 5.54. The van der Waals surface area contributed by atoms with E-state index in [9.17, 15) is 4.79 Å². The Balaban J connectivity index is 1.75. The van der Waals surface area contributed by atoms with Crippen molar-refractivity contribution < 1.29 is 19.0 Å². The number of carbonyl (C=O) groups excluding carboxylic acids is 1. The third-order valence-corrected chi connectivity index (χ3v) is 4.02. The van der Waals surface area contributed by atoms with E-state index in [1.54, 1.807) is 56.7 Å². The zero-order valence-corrected chi connectivity index (χ0v) is 14.8. The van der Waals surface area contributed by atoms with E-state index in [2.05, 4.69) is 0 Å². The normalized spacial score (nSPS) is 10.2. The van der Waals surface area contributed by atoms with E-state index in [1.807, 2.05) is 30.3 Å². The first-order valence-corrected chi connectivity index (χ1v) is 8.25. The van der Waals surface area contributed by atoms with Crippen molar-refractivity contribution in [2.45, 2.75) is 6.61 Å². The molecule has 0 amide bonds. The Morgan fingerprint density at radius 3 is 2.15 bits per heavy atom. The summed E-state index contributed by atoms with van der Waals surface area (Å²) in [5.74, 6) is 1.70. The molecule has 0 N–H and O–H groups in total. The van der Waals surface area contributed by atoms with E-state index < -0.39 is 0 Å². The van der Waals surface area contributed by atoms with Crippen LogP contribution in [-0.2, 0) is 6.61 Å². The van der Waals surface area contributed by atoms with Crippen LogP contribution >= 0.6 is 0 Å². The number of rotatable bonds is 7. The van der Waals surface area contributed by atoms with Crippen LogP contribution in [-0.4, -0.2) is 20.0 Å². The molecule has 4 nitrogen and oxygen atoms in total. The second-order valence-corrected chi connectivity index (χ2v) is 5.69. The van der Waals surface area contributed by atoms with Crippen molar-refractivity contribution in [1.29, 1.82) is 0 Å². The molecular formula is C22H20O4. The molecule has 132 valence electrons. The first-order chi connectivity index (χ1) is 12.7. The molecule has 3 aromatic rings. The molecule has 0 saturated carbocycles. The quantitative estimate of drug-likeness (QED) is 0.589. The predicted octanol–water partition coefficient (Wildman–Crippen LogP) is 4.51. The van der Waals surface area contributed by atoms with Gasteiger partial charge in [0.1, 0.15) is 23.9 Å². The van der Waals surface area contributed by atoms with Gasteiger partial charge in [0.05, 0.1) is 19.8 Å². The Labute approximate surface area is 153 Å². The fraction of sp³-hybridized carbons (Fsp3) is 0.136. The molecule has 0 aliphatic heterocycles. The van der Waals surface area contributed by atoms with Crippen LogP contribution in [0.3, 0.4) is 0 Å². The number of hydrogen-bond acceptors (Lipinski definition) is 4. The minimum Gasteiger partial charge on any atom is -0.497 e. The van der Waals surface area contributed by atoms with Crippen molar-refractivity contribution in [2.75, 3.05) is 14.2 Å². The number of methoxy groups -OCH3 is 2. The zero-order valence-electron chi connectivity index (χ0n) is 14.8. The van der Waals surface area contributed by atoms with Crippen LogP contribution in [0, 0.1) is 0 Å². The van der Waals surface area contributed by atoms with Crippen molar-refractivity contribution in [3.63, 3.8) is 0 Å². The molecule has 0 atom stereocenters. The summed E-state index contributed by atoms with van der Waals surface area (Å²) in [4.78, 5) is 12.8. The van der Waals surface area contributed by atoms with Crippen molar-refractivity contribution >= 4 is 5.78 Å². The molecule has 0 saturated heterocycles. The number of ether oxygens (including phenoxy) is 3. The average Bonchev–Trinajstić information content (AvgIpc) is 2.72. The maximum absolute atomic E-state index is 12.8. The van der Waals surface area contributed by atoms with E-state index in [1.165, 1.54) is 0 Å². The Hall–Kier alpha value is -3.27. The van der Waals surface area contributed by atoms with Gasteiger partial charge in [-0.2, -0.15) is 0 Å². The fourth-order valence-corrected chi connectivity index (χ4v) is 2.59. The molecule has 0 aliphatic rings. The van der Waals surface area contributed by atoms with Crippen LogP contribution in [0.15, 0.2) is 72.8 Å². The van der Waals surface area contributed by atoms with Gasteiger partial charge in [-0.05, 0) is 48.0 Å². The molecule has 3 rings (SSSR count). The zero-order chi connectivity index (χ0) is 18.4.